The summed E-state index contributed by atoms with van der Waals surface area (Å²) in [7, 11) is -3.14. The van der Waals surface area contributed by atoms with Crippen LogP contribution in [-0.2, 0) is 29.7 Å². The Bertz CT molecular complexity index is 1200. The lowest BCUT2D eigenvalue weighted by molar-refractivity contribution is 0.1000. The van der Waals surface area contributed by atoms with Gasteiger partial charge in [0.1, 0.15) is 11.8 Å². The number of ether oxygens (including phenoxy) is 1. The fourth-order valence-electron chi connectivity index (χ4n) is 4.49. The first-order valence-electron chi connectivity index (χ1n) is 11.0. The summed E-state index contributed by atoms with van der Waals surface area (Å²) in [6.07, 6.45) is 2.74. The molecule has 0 aromatic heterocycles. The van der Waals surface area contributed by atoms with E-state index in [2.05, 4.69) is 11.0 Å². The predicted octanol–water partition coefficient (Wildman–Crippen LogP) is 2.22. The summed E-state index contributed by atoms with van der Waals surface area (Å²) in [6, 6.07) is 13.5. The van der Waals surface area contributed by atoms with Crippen LogP contribution in [0.5, 0.6) is 5.75 Å². The Morgan fingerprint density at radius 2 is 1.88 bits per heavy atom. The van der Waals surface area contributed by atoms with Crippen molar-refractivity contribution in [3.8, 4) is 11.8 Å². The maximum Gasteiger partial charge on any atom is 0.248 e. The summed E-state index contributed by atoms with van der Waals surface area (Å²) >= 11 is 0. The molecule has 2 N–H and O–H groups in total. The average molecular weight is 469 g/mol. The number of nitriles is 1. The number of benzene rings is 2. The number of amides is 1. The minimum absolute atomic E-state index is 0.266. The first-order valence-corrected chi connectivity index (χ1v) is 12.8. The van der Waals surface area contributed by atoms with Crippen LogP contribution < -0.4 is 10.5 Å². The second-order valence-electron chi connectivity index (χ2n) is 8.85. The van der Waals surface area contributed by atoms with E-state index in [0.29, 0.717) is 43.1 Å². The quantitative estimate of drug-likeness (QED) is 0.666. The molecule has 174 valence electrons. The average Bonchev–Trinajstić information content (AvgIpc) is 3.19. The van der Waals surface area contributed by atoms with E-state index >= 15 is 0 Å². The Morgan fingerprint density at radius 1 is 1.15 bits per heavy atom. The van der Waals surface area contributed by atoms with E-state index in [1.54, 1.807) is 6.07 Å². The van der Waals surface area contributed by atoms with Gasteiger partial charge >= 0.3 is 0 Å². The van der Waals surface area contributed by atoms with Crippen LogP contribution in [0.3, 0.4) is 0 Å². The van der Waals surface area contributed by atoms with Gasteiger partial charge in [-0.25, -0.2) is 12.7 Å². The van der Waals surface area contributed by atoms with Crippen molar-refractivity contribution >= 4 is 15.9 Å². The molecule has 8 nitrogen and oxygen atoms in total. The molecule has 2 aliphatic heterocycles. The van der Waals surface area contributed by atoms with Crippen LogP contribution in [0.25, 0.3) is 0 Å². The van der Waals surface area contributed by atoms with Crippen LogP contribution in [0.4, 0.5) is 0 Å². The normalized spacial score (nSPS) is 17.5. The second-order valence-corrected chi connectivity index (χ2v) is 10.8. The summed E-state index contributed by atoms with van der Waals surface area (Å²) in [5.41, 5.74) is 9.70. The minimum Gasteiger partial charge on any atom is -0.492 e. The molecular weight excluding hydrogens is 440 g/mol. The summed E-state index contributed by atoms with van der Waals surface area (Å²) in [5.74, 6) is 0.400. The molecule has 33 heavy (non-hydrogen) atoms. The third-order valence-corrected chi connectivity index (χ3v) is 7.67. The van der Waals surface area contributed by atoms with E-state index in [9.17, 15) is 18.5 Å². The molecule has 0 atom stereocenters. The fourth-order valence-corrected chi connectivity index (χ4v) is 5.37. The van der Waals surface area contributed by atoms with Gasteiger partial charge in [-0.2, -0.15) is 5.26 Å². The molecule has 1 fully saturated rings. The lowest BCUT2D eigenvalue weighted by Gasteiger charge is -2.30. The molecule has 2 aromatic rings. The van der Waals surface area contributed by atoms with E-state index < -0.39 is 15.9 Å². The highest BCUT2D eigenvalue weighted by molar-refractivity contribution is 7.88. The molecule has 2 aromatic carbocycles. The number of rotatable bonds is 7. The van der Waals surface area contributed by atoms with Crippen molar-refractivity contribution < 1.29 is 17.9 Å². The van der Waals surface area contributed by atoms with Crippen LogP contribution in [0.2, 0.25) is 0 Å². The molecule has 0 bridgehead atoms. The Hall–Kier alpha value is -2.93. The highest BCUT2D eigenvalue weighted by Crippen LogP contribution is 2.28. The van der Waals surface area contributed by atoms with Crippen molar-refractivity contribution in [1.29, 1.82) is 5.26 Å². The number of sulfonamides is 1. The van der Waals surface area contributed by atoms with Crippen molar-refractivity contribution in [3.63, 3.8) is 0 Å². The van der Waals surface area contributed by atoms with Gasteiger partial charge in [-0.1, -0.05) is 12.1 Å². The van der Waals surface area contributed by atoms with Crippen LogP contribution in [-0.4, -0.2) is 49.5 Å². The summed E-state index contributed by atoms with van der Waals surface area (Å²) in [4.78, 5) is 13.7. The molecule has 9 heteroatoms. The van der Waals surface area contributed by atoms with Crippen LogP contribution >= 0.6 is 0 Å². The highest BCUT2D eigenvalue weighted by atomic mass is 32.2. The third kappa shape index (κ3) is 5.53. The number of carbonyl (C=O) groups is 1. The topological polar surface area (TPSA) is 117 Å². The van der Waals surface area contributed by atoms with Gasteiger partial charge in [0.2, 0.25) is 15.9 Å². The molecule has 0 aliphatic carbocycles. The Labute approximate surface area is 194 Å². The van der Waals surface area contributed by atoms with Crippen LogP contribution in [0.15, 0.2) is 36.4 Å². The third-order valence-electron chi connectivity index (χ3n) is 6.37. The van der Waals surface area contributed by atoms with Crippen molar-refractivity contribution in [2.24, 2.45) is 11.7 Å². The Morgan fingerprint density at radius 3 is 2.55 bits per heavy atom. The maximum absolute atomic E-state index is 11.7. The number of carbonyl (C=O) groups excluding carboxylic acids is 1. The number of nitrogens with zero attached hydrogens (tertiary/aromatic N) is 3. The molecule has 0 unspecified atom stereocenters. The van der Waals surface area contributed by atoms with Gasteiger partial charge in [0.25, 0.3) is 0 Å². The van der Waals surface area contributed by atoms with E-state index in [4.69, 9.17) is 10.5 Å². The molecule has 1 saturated heterocycles. The number of hydrogen-bond donors (Lipinski definition) is 1. The van der Waals surface area contributed by atoms with Gasteiger partial charge in [0, 0.05) is 38.3 Å². The lowest BCUT2D eigenvalue weighted by Crippen LogP contribution is -2.39. The molecule has 1 amide bonds. The van der Waals surface area contributed by atoms with Gasteiger partial charge in [-0.15, -0.1) is 0 Å². The van der Waals surface area contributed by atoms with Crippen molar-refractivity contribution in [2.45, 2.75) is 32.5 Å². The standard InChI is InChI=1S/C24H28N4O4S/c1-33(30,31)28-8-6-17(7-9-28)16-32-23-5-2-18(10-21(23)12-25)13-27-14-20-4-3-19(24(26)29)11-22(20)15-27/h2-5,10-11,17H,6-9,13-16H2,1H3,(H2,26,29). The number of hydrogen-bond acceptors (Lipinski definition) is 6. The van der Waals surface area contributed by atoms with Gasteiger partial charge in [0.15, 0.2) is 0 Å². The minimum atomic E-state index is -3.14. The van der Waals surface area contributed by atoms with Crippen molar-refractivity contribution in [1.82, 2.24) is 9.21 Å². The van der Waals surface area contributed by atoms with E-state index in [1.807, 2.05) is 30.3 Å². The summed E-state index contributed by atoms with van der Waals surface area (Å²) < 4.78 is 30.8. The summed E-state index contributed by atoms with van der Waals surface area (Å²) in [6.45, 7) is 3.67. The SMILES string of the molecule is CS(=O)(=O)N1CCC(COc2ccc(CN3Cc4ccc(C(N)=O)cc4C3)cc2C#N)CC1. The molecular formula is C24H28N4O4S. The van der Waals surface area contributed by atoms with Gasteiger partial charge in [-0.05, 0) is 59.7 Å². The molecule has 0 spiro atoms. The largest absolute Gasteiger partial charge is 0.492 e. The number of fused-ring (bicyclic) bond motifs is 1. The first kappa shape index (κ1) is 23.2. The van der Waals surface area contributed by atoms with Crippen LogP contribution in [0, 0.1) is 17.2 Å². The second kappa shape index (κ2) is 9.51. The molecule has 2 heterocycles. The number of piperidine rings is 1. The van der Waals surface area contributed by atoms with E-state index in [1.165, 1.54) is 16.1 Å². The van der Waals surface area contributed by atoms with Gasteiger partial charge < -0.3 is 10.5 Å². The number of nitrogens with two attached hydrogens (primary N) is 1. The van der Waals surface area contributed by atoms with Crippen molar-refractivity contribution in [2.75, 3.05) is 26.0 Å². The molecule has 0 saturated carbocycles. The van der Waals surface area contributed by atoms with Crippen molar-refractivity contribution in [3.05, 3.63) is 64.2 Å². The smallest absolute Gasteiger partial charge is 0.248 e. The summed E-state index contributed by atoms with van der Waals surface area (Å²) in [5, 5.41) is 9.63. The number of primary amides is 1. The zero-order valence-corrected chi connectivity index (χ0v) is 19.5. The molecule has 0 radical (unpaired) electrons. The van der Waals surface area contributed by atoms with Gasteiger partial charge in [-0.3, -0.25) is 9.69 Å². The van der Waals surface area contributed by atoms with Gasteiger partial charge in [0.05, 0.1) is 18.4 Å². The monoisotopic (exact) mass is 468 g/mol. The maximum atomic E-state index is 11.7. The molecule has 2 aliphatic rings. The zero-order valence-electron chi connectivity index (χ0n) is 18.7. The fraction of sp³-hybridized carbons (Fsp3) is 0.417. The zero-order chi connectivity index (χ0) is 23.6. The van der Waals surface area contributed by atoms with Crippen LogP contribution in [0.1, 0.15) is 45.5 Å². The van der Waals surface area contributed by atoms with E-state index in [-0.39, 0.29) is 5.92 Å². The lowest BCUT2D eigenvalue weighted by atomic mass is 9.99. The predicted molar refractivity (Wildman–Crippen MR) is 124 cm³/mol. The molecule has 4 rings (SSSR count). The Kier molecular flexibility index (Phi) is 6.70. The highest BCUT2D eigenvalue weighted by Gasteiger charge is 2.25. The Balaban J connectivity index is 1.34. The van der Waals surface area contributed by atoms with E-state index in [0.717, 1.165) is 37.1 Å². The first-order chi connectivity index (χ1) is 15.7.